The van der Waals surface area contributed by atoms with Gasteiger partial charge in [-0.15, -0.1) is 0 Å². The van der Waals surface area contributed by atoms with E-state index in [0.29, 0.717) is 5.92 Å². The molecule has 1 aliphatic heterocycles. The van der Waals surface area contributed by atoms with E-state index in [1.807, 2.05) is 0 Å². The van der Waals surface area contributed by atoms with Crippen LogP contribution < -0.4 is 0 Å². The van der Waals surface area contributed by atoms with E-state index >= 15 is 0 Å². The van der Waals surface area contributed by atoms with Crippen molar-refractivity contribution in [3.63, 3.8) is 0 Å². The van der Waals surface area contributed by atoms with Gasteiger partial charge in [0, 0.05) is 0 Å². The lowest BCUT2D eigenvalue weighted by Crippen LogP contribution is -2.40. The van der Waals surface area contributed by atoms with Crippen LogP contribution in [0, 0.1) is 5.92 Å². The largest absolute Gasteiger partial charge is 0.469 e. The number of hydrogen-bond donors (Lipinski definition) is 0. The minimum absolute atomic E-state index is 0.210. The Morgan fingerprint density at radius 3 is 2.68 bits per heavy atom. The maximum absolute atomic E-state index is 11.5. The van der Waals surface area contributed by atoms with Gasteiger partial charge in [0.15, 0.2) is 0 Å². The van der Waals surface area contributed by atoms with E-state index in [1.165, 1.54) is 26.4 Å². The predicted molar refractivity (Wildman–Crippen MR) is 87.3 cm³/mol. The second-order valence-corrected chi connectivity index (χ2v) is 6.39. The van der Waals surface area contributed by atoms with E-state index in [0.717, 1.165) is 24.8 Å². The van der Waals surface area contributed by atoms with Crippen LogP contribution in [-0.2, 0) is 19.3 Å². The van der Waals surface area contributed by atoms with Gasteiger partial charge in [-0.25, -0.2) is 9.78 Å². The highest BCUT2D eigenvalue weighted by Gasteiger charge is 2.37. The molecule has 4 nitrogen and oxygen atoms in total. The predicted octanol–water partition coefficient (Wildman–Crippen LogP) is 4.58. The summed E-state index contributed by atoms with van der Waals surface area (Å²) in [5, 5.41) is 0. The molecule has 0 bridgehead atoms. The van der Waals surface area contributed by atoms with Gasteiger partial charge in [-0.3, -0.25) is 4.79 Å². The van der Waals surface area contributed by atoms with E-state index < -0.39 is 0 Å². The average Bonchev–Trinajstić information content (AvgIpc) is 2.54. The summed E-state index contributed by atoms with van der Waals surface area (Å²) in [6.07, 6.45) is 8.46. The van der Waals surface area contributed by atoms with E-state index in [9.17, 15) is 4.79 Å². The minimum atomic E-state index is -0.356. The first kappa shape index (κ1) is 19.2. The summed E-state index contributed by atoms with van der Waals surface area (Å²) in [7, 11) is 1.40. The highest BCUT2D eigenvalue weighted by Crippen LogP contribution is 2.36. The molecule has 0 saturated heterocycles. The van der Waals surface area contributed by atoms with Gasteiger partial charge >= 0.3 is 5.97 Å². The SMILES string of the molecule is CCCCC(C)CC1(CC)C=C(CC)C(CC(=O)OC)OO1. The molecule has 3 unspecified atom stereocenters. The Labute approximate surface area is 135 Å². The van der Waals surface area contributed by atoms with Crippen molar-refractivity contribution in [2.75, 3.05) is 7.11 Å². The van der Waals surface area contributed by atoms with Gasteiger partial charge in [-0.2, -0.15) is 0 Å². The molecule has 0 saturated carbocycles. The Morgan fingerprint density at radius 1 is 1.41 bits per heavy atom. The number of carbonyl (C=O) groups excluding carboxylic acids is 1. The molecule has 0 aromatic rings. The van der Waals surface area contributed by atoms with Crippen molar-refractivity contribution in [3.05, 3.63) is 11.6 Å². The van der Waals surface area contributed by atoms with Crippen molar-refractivity contribution >= 4 is 5.97 Å². The van der Waals surface area contributed by atoms with Gasteiger partial charge in [0.25, 0.3) is 0 Å². The Kier molecular flexibility index (Phi) is 8.12. The van der Waals surface area contributed by atoms with Crippen LogP contribution in [-0.4, -0.2) is 24.8 Å². The Morgan fingerprint density at radius 2 is 2.14 bits per heavy atom. The highest BCUT2D eigenvalue weighted by molar-refractivity contribution is 5.70. The van der Waals surface area contributed by atoms with Gasteiger partial charge in [0.05, 0.1) is 13.5 Å². The van der Waals surface area contributed by atoms with Crippen LogP contribution in [0.25, 0.3) is 0 Å². The number of unbranched alkanes of at least 4 members (excludes halogenated alkanes) is 1. The molecule has 0 radical (unpaired) electrons. The quantitative estimate of drug-likeness (QED) is 0.355. The van der Waals surface area contributed by atoms with Crippen molar-refractivity contribution in [2.24, 2.45) is 5.92 Å². The van der Waals surface area contributed by atoms with E-state index in [-0.39, 0.29) is 24.1 Å². The Bertz CT molecular complexity index is 377. The van der Waals surface area contributed by atoms with Crippen LogP contribution in [0.15, 0.2) is 11.6 Å². The van der Waals surface area contributed by atoms with Gasteiger partial charge in [0.2, 0.25) is 0 Å². The lowest BCUT2D eigenvalue weighted by Gasteiger charge is -2.38. The number of carbonyl (C=O) groups is 1. The molecule has 0 spiro atoms. The highest BCUT2D eigenvalue weighted by atomic mass is 17.2. The smallest absolute Gasteiger partial charge is 0.308 e. The molecule has 1 aliphatic rings. The zero-order valence-electron chi connectivity index (χ0n) is 14.8. The summed E-state index contributed by atoms with van der Waals surface area (Å²) in [4.78, 5) is 22.9. The van der Waals surface area contributed by atoms with Gasteiger partial charge in [-0.1, -0.05) is 47.0 Å². The minimum Gasteiger partial charge on any atom is -0.469 e. The summed E-state index contributed by atoms with van der Waals surface area (Å²) < 4.78 is 4.73. The number of hydrogen-bond acceptors (Lipinski definition) is 4. The number of ether oxygens (including phenoxy) is 1. The molecule has 1 heterocycles. The second kappa shape index (κ2) is 9.31. The fourth-order valence-electron chi connectivity index (χ4n) is 3.04. The zero-order chi connectivity index (χ0) is 16.6. The van der Waals surface area contributed by atoms with Crippen LogP contribution in [0.4, 0.5) is 0 Å². The molecule has 0 amide bonds. The number of esters is 1. The molecular weight excluding hydrogens is 280 g/mol. The molecule has 3 atom stereocenters. The maximum Gasteiger partial charge on any atom is 0.308 e. The normalized spacial score (nSPS) is 26.4. The van der Waals surface area contributed by atoms with Crippen molar-refractivity contribution < 1.29 is 19.3 Å². The standard InChI is InChI=1S/C18H32O4/c1-6-9-10-14(4)12-18(8-3)13-15(7-2)16(21-22-18)11-17(19)20-5/h13-14,16H,6-12H2,1-5H3. The van der Waals surface area contributed by atoms with Crippen molar-refractivity contribution in [1.29, 1.82) is 0 Å². The molecule has 1 rings (SSSR count). The van der Waals surface area contributed by atoms with Crippen LogP contribution in [0.5, 0.6) is 0 Å². The first-order valence-electron chi connectivity index (χ1n) is 8.63. The van der Waals surface area contributed by atoms with Gasteiger partial charge in [0.1, 0.15) is 11.7 Å². The zero-order valence-corrected chi connectivity index (χ0v) is 14.8. The lowest BCUT2D eigenvalue weighted by atomic mass is 9.83. The molecule has 0 aromatic heterocycles. The molecular formula is C18H32O4. The Balaban J connectivity index is 2.80. The summed E-state index contributed by atoms with van der Waals surface area (Å²) in [6.45, 7) is 8.71. The topological polar surface area (TPSA) is 44.8 Å². The number of methoxy groups -OCH3 is 1. The van der Waals surface area contributed by atoms with E-state index in [4.69, 9.17) is 14.5 Å². The summed E-state index contributed by atoms with van der Waals surface area (Å²) in [5.41, 5.74) is 0.784. The molecule has 0 fully saturated rings. The summed E-state index contributed by atoms with van der Waals surface area (Å²) in [5.74, 6) is 0.322. The maximum atomic E-state index is 11.5. The van der Waals surface area contributed by atoms with Gasteiger partial charge < -0.3 is 4.74 Å². The molecule has 4 heteroatoms. The third kappa shape index (κ3) is 5.40. The molecule has 22 heavy (non-hydrogen) atoms. The van der Waals surface area contributed by atoms with E-state index in [1.54, 1.807) is 0 Å². The second-order valence-electron chi connectivity index (χ2n) is 6.39. The van der Waals surface area contributed by atoms with Crippen LogP contribution in [0.3, 0.4) is 0 Å². The first-order chi connectivity index (χ1) is 10.5. The monoisotopic (exact) mass is 312 g/mol. The first-order valence-corrected chi connectivity index (χ1v) is 8.63. The number of rotatable bonds is 9. The summed E-state index contributed by atoms with van der Waals surface area (Å²) >= 11 is 0. The molecule has 0 aromatic carbocycles. The van der Waals surface area contributed by atoms with Gasteiger partial charge in [-0.05, 0) is 36.8 Å². The van der Waals surface area contributed by atoms with E-state index in [2.05, 4.69) is 33.8 Å². The summed E-state index contributed by atoms with van der Waals surface area (Å²) in [6, 6.07) is 0. The molecule has 0 N–H and O–H groups in total. The van der Waals surface area contributed by atoms with Crippen LogP contribution >= 0.6 is 0 Å². The average molecular weight is 312 g/mol. The Hall–Kier alpha value is -0.870. The third-order valence-electron chi connectivity index (χ3n) is 4.52. The molecule has 128 valence electrons. The lowest BCUT2D eigenvalue weighted by molar-refractivity contribution is -0.378. The fourth-order valence-corrected chi connectivity index (χ4v) is 3.04. The fraction of sp³-hybridized carbons (Fsp3) is 0.833. The van der Waals surface area contributed by atoms with Crippen LogP contribution in [0.2, 0.25) is 0 Å². The van der Waals surface area contributed by atoms with Crippen molar-refractivity contribution in [2.45, 2.75) is 84.3 Å². The van der Waals surface area contributed by atoms with Crippen LogP contribution in [0.1, 0.15) is 72.6 Å². The van der Waals surface area contributed by atoms with Crippen molar-refractivity contribution in [3.8, 4) is 0 Å². The molecule has 0 aliphatic carbocycles. The van der Waals surface area contributed by atoms with Crippen molar-refractivity contribution in [1.82, 2.24) is 0 Å². The third-order valence-corrected chi connectivity index (χ3v) is 4.52.